The van der Waals surface area contributed by atoms with Gasteiger partial charge in [0.05, 0.1) is 11.6 Å². The van der Waals surface area contributed by atoms with Gasteiger partial charge in [-0.1, -0.05) is 18.2 Å². The van der Waals surface area contributed by atoms with Crippen molar-refractivity contribution in [3.05, 3.63) is 63.9 Å². The number of methoxy groups -OCH3 is 1. The zero-order valence-corrected chi connectivity index (χ0v) is 11.0. The minimum Gasteiger partial charge on any atom is -0.497 e. The Morgan fingerprint density at radius 2 is 1.71 bits per heavy atom. The number of halogens is 2. The molecule has 2 aromatic carbocycles. The molecule has 0 aliphatic rings. The third-order valence-corrected chi connectivity index (χ3v) is 3.19. The summed E-state index contributed by atoms with van der Waals surface area (Å²) in [4.78, 5) is 0. The number of hydrogen-bond donors (Lipinski definition) is 0. The Morgan fingerprint density at radius 1 is 1.06 bits per heavy atom. The Labute approximate surface area is 108 Å². The summed E-state index contributed by atoms with van der Waals surface area (Å²) < 4.78 is 18.9. The van der Waals surface area contributed by atoms with Crippen LogP contribution in [0.3, 0.4) is 0 Å². The van der Waals surface area contributed by atoms with E-state index >= 15 is 0 Å². The van der Waals surface area contributed by atoms with Gasteiger partial charge in [0.25, 0.3) is 0 Å². The highest BCUT2D eigenvalue weighted by atomic mass is 79.9. The molecule has 0 aromatic heterocycles. The van der Waals surface area contributed by atoms with Gasteiger partial charge in [-0.25, -0.2) is 4.39 Å². The molecule has 2 aromatic rings. The largest absolute Gasteiger partial charge is 0.497 e. The summed E-state index contributed by atoms with van der Waals surface area (Å²) in [6.45, 7) is 0. The quantitative estimate of drug-likeness (QED) is 0.825. The first-order chi connectivity index (χ1) is 8.19. The maximum absolute atomic E-state index is 13.3. The molecular formula is C14H12BrFO. The van der Waals surface area contributed by atoms with Gasteiger partial charge in [0.15, 0.2) is 0 Å². The van der Waals surface area contributed by atoms with Crippen molar-refractivity contribution in [3.63, 3.8) is 0 Å². The molecule has 0 unspecified atom stereocenters. The summed E-state index contributed by atoms with van der Waals surface area (Å²) in [5.41, 5.74) is 2.09. The molecule has 88 valence electrons. The molecule has 0 aliphatic carbocycles. The third kappa shape index (κ3) is 3.07. The van der Waals surface area contributed by atoms with Crippen molar-refractivity contribution in [2.24, 2.45) is 0 Å². The normalized spacial score (nSPS) is 10.3. The highest BCUT2D eigenvalue weighted by Gasteiger charge is 2.02. The molecule has 0 spiro atoms. The molecule has 0 amide bonds. The number of benzene rings is 2. The summed E-state index contributed by atoms with van der Waals surface area (Å²) in [7, 11) is 1.64. The van der Waals surface area contributed by atoms with Crippen molar-refractivity contribution in [2.45, 2.75) is 6.42 Å². The zero-order valence-electron chi connectivity index (χ0n) is 9.41. The molecule has 1 nitrogen and oxygen atoms in total. The van der Waals surface area contributed by atoms with Crippen LogP contribution in [0, 0.1) is 5.82 Å². The van der Waals surface area contributed by atoms with E-state index in [1.807, 2.05) is 30.3 Å². The van der Waals surface area contributed by atoms with Gasteiger partial charge in [0.1, 0.15) is 11.6 Å². The minimum absolute atomic E-state index is 0.226. The summed E-state index contributed by atoms with van der Waals surface area (Å²) in [6, 6.07) is 13.0. The van der Waals surface area contributed by atoms with Gasteiger partial charge >= 0.3 is 0 Å². The highest BCUT2D eigenvalue weighted by Crippen LogP contribution is 2.19. The molecule has 0 atom stereocenters. The van der Waals surface area contributed by atoms with Crippen LogP contribution in [-0.2, 0) is 6.42 Å². The fourth-order valence-corrected chi connectivity index (χ4v) is 1.88. The van der Waals surface area contributed by atoms with E-state index in [1.54, 1.807) is 19.2 Å². The van der Waals surface area contributed by atoms with Crippen LogP contribution in [0.25, 0.3) is 0 Å². The van der Waals surface area contributed by atoms with Crippen LogP contribution in [0.1, 0.15) is 11.1 Å². The van der Waals surface area contributed by atoms with Crippen molar-refractivity contribution < 1.29 is 9.13 Å². The molecule has 0 heterocycles. The van der Waals surface area contributed by atoms with Gasteiger partial charge in [-0.2, -0.15) is 0 Å². The average Bonchev–Trinajstić information content (AvgIpc) is 2.35. The number of rotatable bonds is 3. The Hall–Kier alpha value is -1.35. The zero-order chi connectivity index (χ0) is 12.3. The third-order valence-electron chi connectivity index (χ3n) is 2.55. The predicted molar refractivity (Wildman–Crippen MR) is 69.9 cm³/mol. The van der Waals surface area contributed by atoms with E-state index in [-0.39, 0.29) is 5.82 Å². The second-order valence-corrected chi connectivity index (χ2v) is 4.63. The van der Waals surface area contributed by atoms with Crippen molar-refractivity contribution in [1.82, 2.24) is 0 Å². The van der Waals surface area contributed by atoms with Crippen molar-refractivity contribution in [3.8, 4) is 5.75 Å². The Balaban J connectivity index is 2.16. The van der Waals surface area contributed by atoms with E-state index in [2.05, 4.69) is 15.9 Å². The molecule has 0 fully saturated rings. The highest BCUT2D eigenvalue weighted by molar-refractivity contribution is 9.10. The molecular weight excluding hydrogens is 283 g/mol. The van der Waals surface area contributed by atoms with E-state index in [0.717, 1.165) is 16.9 Å². The molecule has 0 bridgehead atoms. The molecule has 0 saturated carbocycles. The van der Waals surface area contributed by atoms with Crippen LogP contribution in [0.4, 0.5) is 4.39 Å². The molecule has 0 aliphatic heterocycles. The summed E-state index contributed by atoms with van der Waals surface area (Å²) in [5, 5.41) is 0. The molecule has 0 radical (unpaired) electrons. The summed E-state index contributed by atoms with van der Waals surface area (Å²) in [6.07, 6.45) is 0.716. The van der Waals surface area contributed by atoms with Gasteiger partial charge in [0, 0.05) is 0 Å². The fraction of sp³-hybridized carbons (Fsp3) is 0.143. The fourth-order valence-electron chi connectivity index (χ4n) is 1.63. The van der Waals surface area contributed by atoms with Crippen molar-refractivity contribution >= 4 is 15.9 Å². The first-order valence-electron chi connectivity index (χ1n) is 5.26. The van der Waals surface area contributed by atoms with Crippen LogP contribution >= 0.6 is 15.9 Å². The van der Waals surface area contributed by atoms with E-state index < -0.39 is 0 Å². The van der Waals surface area contributed by atoms with Crippen molar-refractivity contribution in [2.75, 3.05) is 7.11 Å². The van der Waals surface area contributed by atoms with Crippen LogP contribution in [0.5, 0.6) is 5.75 Å². The summed E-state index contributed by atoms with van der Waals surface area (Å²) >= 11 is 3.14. The monoisotopic (exact) mass is 294 g/mol. The second kappa shape index (κ2) is 5.32. The molecule has 2 rings (SSSR count). The molecule has 3 heteroatoms. The van der Waals surface area contributed by atoms with Crippen LogP contribution in [0.15, 0.2) is 46.9 Å². The van der Waals surface area contributed by atoms with Crippen LogP contribution in [-0.4, -0.2) is 7.11 Å². The Morgan fingerprint density at radius 3 is 2.29 bits per heavy atom. The lowest BCUT2D eigenvalue weighted by Gasteiger charge is -2.04. The topological polar surface area (TPSA) is 9.23 Å². The summed E-state index contributed by atoms with van der Waals surface area (Å²) in [5.74, 6) is 0.603. The average molecular weight is 295 g/mol. The number of ether oxygens (including phenoxy) is 1. The van der Waals surface area contributed by atoms with Crippen LogP contribution in [0.2, 0.25) is 0 Å². The van der Waals surface area contributed by atoms with Gasteiger partial charge in [-0.15, -0.1) is 0 Å². The standard InChI is InChI=1S/C14H12BrFO/c1-17-12-5-2-10(3-6-12)8-11-4-7-13(15)14(16)9-11/h2-7,9H,8H2,1H3. The van der Waals surface area contributed by atoms with E-state index in [4.69, 9.17) is 4.74 Å². The number of hydrogen-bond acceptors (Lipinski definition) is 1. The van der Waals surface area contributed by atoms with Crippen LogP contribution < -0.4 is 4.74 Å². The lowest BCUT2D eigenvalue weighted by Crippen LogP contribution is -1.90. The molecule has 17 heavy (non-hydrogen) atoms. The predicted octanol–water partition coefficient (Wildman–Crippen LogP) is 4.19. The molecule has 0 saturated heterocycles. The maximum atomic E-state index is 13.3. The molecule has 0 N–H and O–H groups in total. The second-order valence-electron chi connectivity index (χ2n) is 3.77. The SMILES string of the molecule is COc1ccc(Cc2ccc(Br)c(F)c2)cc1. The van der Waals surface area contributed by atoms with E-state index in [0.29, 0.717) is 10.9 Å². The first-order valence-corrected chi connectivity index (χ1v) is 6.05. The van der Waals surface area contributed by atoms with Gasteiger partial charge in [0.2, 0.25) is 0 Å². The van der Waals surface area contributed by atoms with Gasteiger partial charge in [-0.05, 0) is 57.7 Å². The maximum Gasteiger partial charge on any atom is 0.137 e. The lowest BCUT2D eigenvalue weighted by molar-refractivity contribution is 0.414. The van der Waals surface area contributed by atoms with E-state index in [9.17, 15) is 4.39 Å². The Bertz CT molecular complexity index is 508. The first kappa shape index (κ1) is 12.1. The van der Waals surface area contributed by atoms with E-state index in [1.165, 1.54) is 0 Å². The minimum atomic E-state index is -0.226. The Kier molecular flexibility index (Phi) is 3.79. The van der Waals surface area contributed by atoms with Crippen molar-refractivity contribution in [1.29, 1.82) is 0 Å². The lowest BCUT2D eigenvalue weighted by atomic mass is 10.1. The van der Waals surface area contributed by atoms with Gasteiger partial charge in [-0.3, -0.25) is 0 Å². The smallest absolute Gasteiger partial charge is 0.137 e. The van der Waals surface area contributed by atoms with Gasteiger partial charge < -0.3 is 4.74 Å².